The Morgan fingerprint density at radius 2 is 1.13 bits per heavy atom. The largest absolute Gasteiger partial charge is 0.444 e. The van der Waals surface area contributed by atoms with E-state index < -0.39 is 17.3 Å². The number of nitrogens with one attached hydrogen (secondary N) is 2. The van der Waals surface area contributed by atoms with Crippen molar-refractivity contribution in [3.05, 3.63) is 117 Å². The van der Waals surface area contributed by atoms with Crippen LogP contribution >= 0.6 is 0 Å². The summed E-state index contributed by atoms with van der Waals surface area (Å²) >= 11 is 0. The van der Waals surface area contributed by atoms with Crippen LogP contribution < -0.4 is 10.6 Å². The molecule has 10 nitrogen and oxygen atoms in total. The van der Waals surface area contributed by atoms with E-state index in [0.29, 0.717) is 42.2 Å². The monoisotopic (exact) mass is 941 g/mol. The number of carbonyl (C=O) groups excluding carboxylic acids is 4. The number of amides is 4. The van der Waals surface area contributed by atoms with Crippen LogP contribution in [0.1, 0.15) is 172 Å². The smallest absolute Gasteiger partial charge is 0.407 e. The first-order valence-electron chi connectivity index (χ1n) is 26.0. The molecule has 8 rings (SSSR count). The Bertz CT molecular complexity index is 2380. The van der Waals surface area contributed by atoms with Crippen molar-refractivity contribution < 1.29 is 28.7 Å². The number of benzene rings is 3. The number of hydrogen-bond acceptors (Lipinski definition) is 6. The molecular weight excluding hydrogens is 861 g/mol. The van der Waals surface area contributed by atoms with Crippen molar-refractivity contribution in [2.24, 2.45) is 17.8 Å². The van der Waals surface area contributed by atoms with E-state index in [1.807, 2.05) is 65.8 Å². The molecule has 0 radical (unpaired) electrons. The van der Waals surface area contributed by atoms with E-state index in [4.69, 9.17) is 9.47 Å². The van der Waals surface area contributed by atoms with Crippen molar-refractivity contribution in [2.45, 2.75) is 182 Å². The van der Waals surface area contributed by atoms with Crippen LogP contribution in [0.15, 0.2) is 83.9 Å². The van der Waals surface area contributed by atoms with Crippen molar-refractivity contribution >= 4 is 35.1 Å². The fourth-order valence-corrected chi connectivity index (χ4v) is 11.2. The molecule has 0 spiro atoms. The molecule has 5 aliphatic rings. The summed E-state index contributed by atoms with van der Waals surface area (Å²) in [5, 5.41) is 5.79. The van der Waals surface area contributed by atoms with Crippen LogP contribution in [0.25, 0.3) is 11.1 Å². The Hall–Kier alpha value is -5.38. The summed E-state index contributed by atoms with van der Waals surface area (Å²) in [5.41, 5.74) is 12.1. The highest BCUT2D eigenvalue weighted by molar-refractivity contribution is 5.96. The molecule has 0 bridgehead atoms. The second-order valence-electron chi connectivity index (χ2n) is 23.0. The molecule has 3 aromatic carbocycles. The molecule has 3 aliphatic carbocycles. The molecule has 10 heteroatoms. The number of fused-ring (bicyclic) bond motifs is 4. The molecule has 2 aliphatic heterocycles. The summed E-state index contributed by atoms with van der Waals surface area (Å²) < 4.78 is 10.7. The van der Waals surface area contributed by atoms with Crippen LogP contribution in [-0.2, 0) is 33.7 Å². The molecule has 4 amide bonds. The van der Waals surface area contributed by atoms with Crippen LogP contribution in [0.3, 0.4) is 0 Å². The summed E-state index contributed by atoms with van der Waals surface area (Å²) in [7, 11) is 0. The van der Waals surface area contributed by atoms with Crippen LogP contribution in [-0.4, -0.2) is 76.2 Å². The maximum atomic E-state index is 13.6. The van der Waals surface area contributed by atoms with Crippen LogP contribution in [0.2, 0.25) is 0 Å². The summed E-state index contributed by atoms with van der Waals surface area (Å²) in [6.45, 7) is 22.1. The molecule has 1 saturated carbocycles. The van der Waals surface area contributed by atoms with Gasteiger partial charge in [-0.25, -0.2) is 9.59 Å². The third-order valence-electron chi connectivity index (χ3n) is 14.3. The normalized spacial score (nSPS) is 20.9. The zero-order chi connectivity index (χ0) is 49.6. The lowest BCUT2D eigenvalue weighted by atomic mass is 9.83. The molecule has 69 heavy (non-hydrogen) atoms. The van der Waals surface area contributed by atoms with E-state index in [-0.39, 0.29) is 30.1 Å². The predicted octanol–water partition coefficient (Wildman–Crippen LogP) is 12.5. The number of nitrogens with zero attached hydrogens (tertiary/aromatic N) is 2. The molecule has 0 aromatic heterocycles. The van der Waals surface area contributed by atoms with Crippen LogP contribution in [0.5, 0.6) is 0 Å². The lowest BCUT2D eigenvalue weighted by Crippen LogP contribution is -2.45. The van der Waals surface area contributed by atoms with Crippen LogP contribution in [0, 0.1) is 17.8 Å². The number of rotatable bonds is 11. The fourth-order valence-electron chi connectivity index (χ4n) is 11.2. The first-order chi connectivity index (χ1) is 32.7. The minimum atomic E-state index is -0.530. The van der Waals surface area contributed by atoms with Crippen LogP contribution in [0.4, 0.5) is 9.59 Å². The van der Waals surface area contributed by atoms with E-state index in [1.54, 1.807) is 0 Å². The molecule has 3 aromatic rings. The van der Waals surface area contributed by atoms with Gasteiger partial charge in [0.25, 0.3) is 5.91 Å². The molecule has 1 fully saturated rings. The second-order valence-corrected chi connectivity index (χ2v) is 23.0. The Balaban J connectivity index is 0.000000204. The first kappa shape index (κ1) is 51.5. The van der Waals surface area contributed by atoms with Gasteiger partial charge in [-0.3, -0.25) is 9.59 Å². The van der Waals surface area contributed by atoms with Gasteiger partial charge in [-0.05, 0) is 192 Å². The molecule has 2 unspecified atom stereocenters. The summed E-state index contributed by atoms with van der Waals surface area (Å²) in [4.78, 5) is 55.3. The van der Waals surface area contributed by atoms with Gasteiger partial charge in [0.2, 0.25) is 5.91 Å². The van der Waals surface area contributed by atoms with Gasteiger partial charge in [-0.15, -0.1) is 0 Å². The lowest BCUT2D eigenvalue weighted by molar-refractivity contribution is -0.133. The van der Waals surface area contributed by atoms with E-state index >= 15 is 0 Å². The van der Waals surface area contributed by atoms with Crippen molar-refractivity contribution in [3.63, 3.8) is 0 Å². The van der Waals surface area contributed by atoms with E-state index in [0.717, 1.165) is 89.3 Å². The topological polar surface area (TPSA) is 117 Å². The minimum Gasteiger partial charge on any atom is -0.444 e. The number of carbonyl (C=O) groups is 4. The van der Waals surface area contributed by atoms with Gasteiger partial charge >= 0.3 is 12.2 Å². The quantitative estimate of drug-likeness (QED) is 0.198. The van der Waals surface area contributed by atoms with Gasteiger partial charge in [0.15, 0.2) is 0 Å². The average molecular weight is 941 g/mol. The average Bonchev–Trinajstić information content (AvgIpc) is 3.86. The molecule has 372 valence electrons. The molecule has 2 atom stereocenters. The number of alkyl carbamates (subject to hydrolysis) is 2. The number of hydrogen-bond donors (Lipinski definition) is 2. The predicted molar refractivity (Wildman–Crippen MR) is 276 cm³/mol. The Kier molecular flexibility index (Phi) is 16.5. The molecule has 0 saturated heterocycles. The van der Waals surface area contributed by atoms with Gasteiger partial charge in [0, 0.05) is 37.7 Å². The van der Waals surface area contributed by atoms with Crippen molar-refractivity contribution in [1.82, 2.24) is 20.4 Å². The van der Waals surface area contributed by atoms with Gasteiger partial charge in [-0.2, -0.15) is 0 Å². The standard InChI is InChI=1S/C30H44N2O3.C29H36N2O3/c1-20(2)18-27-26-19-22-8-6-7-9-24(22)25(26)16-17-32(27)28(33)15-12-21-10-13-23(14-11-21)31-29(34)35-30(3,4)5;1-19(2)16-26-25-17-22-8-6-7-9-23(22)24(25)14-15-31(26)27(32)21-12-10-20(11-13-21)18-30-28(33)34-29(3,4)5/h6-9,20-21,23,27H,10-19H2,1-5H3,(H,31,34);6-13,19,26H,14-18H2,1-5H3,(H,30,33). The van der Waals surface area contributed by atoms with Crippen molar-refractivity contribution in [3.8, 4) is 0 Å². The van der Waals surface area contributed by atoms with Crippen molar-refractivity contribution in [2.75, 3.05) is 13.1 Å². The second kappa shape index (κ2) is 22.1. The zero-order valence-electron chi connectivity index (χ0n) is 43.3. The third kappa shape index (κ3) is 13.5. The Morgan fingerprint density at radius 1 is 0.638 bits per heavy atom. The lowest BCUT2D eigenvalue weighted by Gasteiger charge is -2.39. The van der Waals surface area contributed by atoms with E-state index in [1.165, 1.54) is 44.5 Å². The first-order valence-corrected chi connectivity index (χ1v) is 26.0. The summed E-state index contributed by atoms with van der Waals surface area (Å²) in [6.07, 6.45) is 10.7. The highest BCUT2D eigenvalue weighted by Gasteiger charge is 2.39. The van der Waals surface area contributed by atoms with Crippen molar-refractivity contribution in [1.29, 1.82) is 0 Å². The third-order valence-corrected chi connectivity index (χ3v) is 14.3. The maximum absolute atomic E-state index is 13.6. The van der Waals surface area contributed by atoms with Gasteiger partial charge in [0.05, 0.1) is 12.1 Å². The minimum absolute atomic E-state index is 0.0832. The molecular formula is C59H80N4O6. The summed E-state index contributed by atoms with van der Waals surface area (Å²) in [5.74, 6) is 2.03. The van der Waals surface area contributed by atoms with E-state index in [2.05, 4.69) is 96.7 Å². The molecule has 2 N–H and O–H groups in total. The fraction of sp³-hybridized carbons (Fsp3) is 0.559. The highest BCUT2D eigenvalue weighted by atomic mass is 16.6. The zero-order valence-corrected chi connectivity index (χ0v) is 43.3. The number of ether oxygens (including phenoxy) is 2. The SMILES string of the molecule is CC(C)CC1C2=C(CCN1C(=O)CCC1CCC(NC(=O)OC(C)(C)C)CC1)c1ccccc1C2.CC(C)CC1C2=C(CCN1C(=O)c1ccc(CNC(=O)OC(C)(C)C)cc1)c1ccccc1C2. The summed E-state index contributed by atoms with van der Waals surface area (Å²) in [6, 6.07) is 25.6. The Labute approximate surface area is 413 Å². The van der Waals surface area contributed by atoms with Gasteiger partial charge in [0.1, 0.15) is 11.2 Å². The highest BCUT2D eigenvalue weighted by Crippen LogP contribution is 2.44. The Morgan fingerprint density at radius 3 is 1.65 bits per heavy atom. The van der Waals surface area contributed by atoms with Gasteiger partial charge < -0.3 is 29.9 Å². The molecule has 2 heterocycles. The van der Waals surface area contributed by atoms with Gasteiger partial charge in [-0.1, -0.05) is 88.4 Å². The van der Waals surface area contributed by atoms with E-state index in [9.17, 15) is 19.2 Å². The maximum Gasteiger partial charge on any atom is 0.407 e.